The SMILES string of the molecule is CC1CCCCC1NC(=S)NNC(=O)COc1ccc2c(c1)CCC2. The molecular weight excluding hydrogens is 334 g/mol. The fraction of sp³-hybridized carbons (Fsp3) is 0.579. The van der Waals surface area contributed by atoms with Gasteiger partial charge < -0.3 is 10.1 Å². The highest BCUT2D eigenvalue weighted by Crippen LogP contribution is 2.26. The number of hydrazine groups is 1. The number of hydrogen-bond donors (Lipinski definition) is 3. The largest absolute Gasteiger partial charge is 0.484 e. The van der Waals surface area contributed by atoms with Crippen LogP contribution < -0.4 is 20.9 Å². The highest BCUT2D eigenvalue weighted by atomic mass is 32.1. The third-order valence-electron chi connectivity index (χ3n) is 5.18. The van der Waals surface area contributed by atoms with E-state index in [1.165, 1.54) is 36.8 Å². The molecule has 6 heteroatoms. The number of carbonyl (C=O) groups excluding carboxylic acids is 1. The molecule has 25 heavy (non-hydrogen) atoms. The topological polar surface area (TPSA) is 62.4 Å². The van der Waals surface area contributed by atoms with Crippen LogP contribution in [0, 0.1) is 5.92 Å². The minimum absolute atomic E-state index is 0.0335. The van der Waals surface area contributed by atoms with Crippen LogP contribution in [0.4, 0.5) is 0 Å². The Morgan fingerprint density at radius 2 is 1.96 bits per heavy atom. The Labute approximate surface area is 154 Å². The summed E-state index contributed by atoms with van der Waals surface area (Å²) < 4.78 is 5.58. The quantitative estimate of drug-likeness (QED) is 0.568. The summed E-state index contributed by atoms with van der Waals surface area (Å²) in [5.74, 6) is 1.10. The summed E-state index contributed by atoms with van der Waals surface area (Å²) in [5, 5.41) is 3.75. The van der Waals surface area contributed by atoms with Crippen LogP contribution in [0.25, 0.3) is 0 Å². The minimum Gasteiger partial charge on any atom is -0.484 e. The van der Waals surface area contributed by atoms with E-state index in [1.807, 2.05) is 12.1 Å². The molecule has 1 amide bonds. The van der Waals surface area contributed by atoms with Crippen LogP contribution in [0.2, 0.25) is 0 Å². The van der Waals surface area contributed by atoms with Crippen LogP contribution in [-0.4, -0.2) is 23.7 Å². The standard InChI is InChI=1S/C19H27N3O2S/c1-13-5-2-3-8-17(13)20-19(25)22-21-18(23)12-24-16-10-9-14-6-4-7-15(14)11-16/h9-11,13,17H,2-8,12H2,1H3,(H,21,23)(H2,20,22,25). The number of hydrogen-bond acceptors (Lipinski definition) is 3. The smallest absolute Gasteiger partial charge is 0.276 e. The molecule has 0 spiro atoms. The summed E-state index contributed by atoms with van der Waals surface area (Å²) in [6.45, 7) is 2.21. The third-order valence-corrected chi connectivity index (χ3v) is 5.40. The van der Waals surface area contributed by atoms with E-state index in [4.69, 9.17) is 17.0 Å². The van der Waals surface area contributed by atoms with Gasteiger partial charge in [0.2, 0.25) is 0 Å². The van der Waals surface area contributed by atoms with Crippen molar-refractivity contribution in [2.75, 3.05) is 6.61 Å². The Balaban J connectivity index is 1.37. The Bertz CT molecular complexity index is 635. The molecular formula is C19H27N3O2S. The van der Waals surface area contributed by atoms with Gasteiger partial charge in [0.05, 0.1) is 0 Å². The van der Waals surface area contributed by atoms with E-state index in [0.717, 1.165) is 25.0 Å². The Hall–Kier alpha value is -1.82. The summed E-state index contributed by atoms with van der Waals surface area (Å²) in [6.07, 6.45) is 8.30. The fourth-order valence-electron chi connectivity index (χ4n) is 3.68. The first-order chi connectivity index (χ1) is 12.1. The molecule has 0 saturated heterocycles. The first-order valence-electron chi connectivity index (χ1n) is 9.22. The van der Waals surface area contributed by atoms with E-state index in [9.17, 15) is 4.79 Å². The van der Waals surface area contributed by atoms with Gasteiger partial charge in [-0.15, -0.1) is 0 Å². The van der Waals surface area contributed by atoms with Gasteiger partial charge in [-0.1, -0.05) is 25.8 Å². The Morgan fingerprint density at radius 3 is 2.80 bits per heavy atom. The van der Waals surface area contributed by atoms with E-state index in [0.29, 0.717) is 17.1 Å². The van der Waals surface area contributed by atoms with Crippen LogP contribution in [0.3, 0.4) is 0 Å². The second-order valence-corrected chi connectivity index (χ2v) is 7.50. The van der Waals surface area contributed by atoms with Gasteiger partial charge in [-0.2, -0.15) is 0 Å². The normalized spacial score (nSPS) is 22.0. The monoisotopic (exact) mass is 361 g/mol. The molecule has 5 nitrogen and oxygen atoms in total. The van der Waals surface area contributed by atoms with E-state index in [-0.39, 0.29) is 12.5 Å². The minimum atomic E-state index is -0.249. The Morgan fingerprint density at radius 1 is 1.16 bits per heavy atom. The van der Waals surface area contributed by atoms with Crippen molar-refractivity contribution in [3.05, 3.63) is 29.3 Å². The summed E-state index contributed by atoms with van der Waals surface area (Å²) in [6, 6.07) is 6.45. The predicted octanol–water partition coefficient (Wildman–Crippen LogP) is 2.63. The highest BCUT2D eigenvalue weighted by Gasteiger charge is 2.21. The van der Waals surface area contributed by atoms with Crippen LogP contribution >= 0.6 is 12.2 Å². The van der Waals surface area contributed by atoms with E-state index < -0.39 is 0 Å². The molecule has 1 fully saturated rings. The Kier molecular flexibility index (Phi) is 6.13. The molecule has 1 aromatic rings. The maximum atomic E-state index is 11.9. The van der Waals surface area contributed by atoms with Crippen molar-refractivity contribution >= 4 is 23.2 Å². The van der Waals surface area contributed by atoms with Gasteiger partial charge in [0.15, 0.2) is 11.7 Å². The average molecular weight is 362 g/mol. The summed E-state index contributed by atoms with van der Waals surface area (Å²) in [7, 11) is 0. The van der Waals surface area contributed by atoms with Gasteiger partial charge in [-0.3, -0.25) is 15.6 Å². The molecule has 0 aliphatic heterocycles. The van der Waals surface area contributed by atoms with Gasteiger partial charge in [0, 0.05) is 6.04 Å². The number of carbonyl (C=O) groups is 1. The molecule has 2 unspecified atom stereocenters. The number of rotatable bonds is 4. The second kappa shape index (κ2) is 8.52. The van der Waals surface area contributed by atoms with Gasteiger partial charge in [0.1, 0.15) is 5.75 Å². The molecule has 3 N–H and O–H groups in total. The van der Waals surface area contributed by atoms with Crippen molar-refractivity contribution in [2.24, 2.45) is 5.92 Å². The van der Waals surface area contributed by atoms with Crippen molar-refractivity contribution in [1.29, 1.82) is 0 Å². The van der Waals surface area contributed by atoms with Gasteiger partial charge in [-0.25, -0.2) is 0 Å². The molecule has 1 aromatic carbocycles. The van der Waals surface area contributed by atoms with E-state index in [1.54, 1.807) is 0 Å². The molecule has 2 aliphatic rings. The summed E-state index contributed by atoms with van der Waals surface area (Å²) >= 11 is 5.26. The lowest BCUT2D eigenvalue weighted by Crippen LogP contribution is -2.52. The van der Waals surface area contributed by atoms with Crippen LogP contribution in [0.1, 0.15) is 50.2 Å². The molecule has 0 bridgehead atoms. The lowest BCUT2D eigenvalue weighted by atomic mass is 9.86. The van der Waals surface area contributed by atoms with E-state index >= 15 is 0 Å². The molecule has 136 valence electrons. The van der Waals surface area contributed by atoms with Crippen molar-refractivity contribution in [2.45, 2.75) is 57.9 Å². The number of fused-ring (bicyclic) bond motifs is 1. The maximum Gasteiger partial charge on any atom is 0.276 e. The predicted molar refractivity (Wildman–Crippen MR) is 102 cm³/mol. The number of amides is 1. The lowest BCUT2D eigenvalue weighted by Gasteiger charge is -2.30. The molecule has 2 aliphatic carbocycles. The molecule has 1 saturated carbocycles. The zero-order valence-corrected chi connectivity index (χ0v) is 15.6. The zero-order valence-electron chi connectivity index (χ0n) is 14.8. The molecule has 0 radical (unpaired) electrons. The van der Waals surface area contributed by atoms with Crippen LogP contribution in [0.5, 0.6) is 5.75 Å². The van der Waals surface area contributed by atoms with Crippen molar-refractivity contribution in [1.82, 2.24) is 16.2 Å². The fourth-order valence-corrected chi connectivity index (χ4v) is 3.89. The molecule has 0 heterocycles. The van der Waals surface area contributed by atoms with Crippen molar-refractivity contribution in [3.63, 3.8) is 0 Å². The first kappa shape index (κ1) is 18.0. The van der Waals surface area contributed by atoms with Crippen LogP contribution in [0.15, 0.2) is 18.2 Å². The van der Waals surface area contributed by atoms with Gasteiger partial charge >= 0.3 is 0 Å². The number of ether oxygens (including phenoxy) is 1. The molecule has 2 atom stereocenters. The molecule has 3 rings (SSSR count). The lowest BCUT2D eigenvalue weighted by molar-refractivity contribution is -0.123. The number of nitrogens with one attached hydrogen (secondary N) is 3. The average Bonchev–Trinajstić information content (AvgIpc) is 3.08. The first-order valence-corrected chi connectivity index (χ1v) is 9.62. The number of aryl methyl sites for hydroxylation is 2. The number of benzene rings is 1. The van der Waals surface area contributed by atoms with E-state index in [2.05, 4.69) is 29.2 Å². The van der Waals surface area contributed by atoms with Crippen molar-refractivity contribution < 1.29 is 9.53 Å². The highest BCUT2D eigenvalue weighted by molar-refractivity contribution is 7.80. The van der Waals surface area contributed by atoms with Crippen LogP contribution in [-0.2, 0) is 17.6 Å². The second-order valence-electron chi connectivity index (χ2n) is 7.09. The molecule has 0 aromatic heterocycles. The number of thiocarbonyl (C=S) groups is 1. The maximum absolute atomic E-state index is 11.9. The van der Waals surface area contributed by atoms with Crippen molar-refractivity contribution in [3.8, 4) is 5.75 Å². The third kappa shape index (κ3) is 5.08. The van der Waals surface area contributed by atoms with Gasteiger partial charge in [0.25, 0.3) is 5.91 Å². The summed E-state index contributed by atoms with van der Waals surface area (Å²) in [5.41, 5.74) is 8.09. The van der Waals surface area contributed by atoms with Gasteiger partial charge in [-0.05, 0) is 73.5 Å². The summed E-state index contributed by atoms with van der Waals surface area (Å²) in [4.78, 5) is 11.9. The zero-order chi connectivity index (χ0) is 17.6.